The van der Waals surface area contributed by atoms with E-state index in [1.807, 2.05) is 12.1 Å². The third-order valence-electron chi connectivity index (χ3n) is 5.92. The highest BCUT2D eigenvalue weighted by molar-refractivity contribution is 6.00. The van der Waals surface area contributed by atoms with Gasteiger partial charge < -0.3 is 24.4 Å². The van der Waals surface area contributed by atoms with Crippen molar-refractivity contribution in [3.8, 4) is 5.75 Å². The second-order valence-electron chi connectivity index (χ2n) is 8.02. The first kappa shape index (κ1) is 20.9. The topological polar surface area (TPSA) is 105 Å². The molecule has 0 radical (unpaired) electrons. The van der Waals surface area contributed by atoms with Crippen LogP contribution in [0.3, 0.4) is 0 Å². The molecule has 1 atom stereocenters. The molecule has 2 aromatic rings. The number of methoxy groups -OCH3 is 1. The third-order valence-corrected chi connectivity index (χ3v) is 5.92. The number of piperidine rings is 1. The quantitative estimate of drug-likeness (QED) is 0.786. The van der Waals surface area contributed by atoms with Gasteiger partial charge in [-0.15, -0.1) is 0 Å². The zero-order valence-corrected chi connectivity index (χ0v) is 17.7. The minimum absolute atomic E-state index is 0.0182. The van der Waals surface area contributed by atoms with Gasteiger partial charge in [0.05, 0.1) is 13.0 Å². The van der Waals surface area contributed by atoms with Crippen LogP contribution in [-0.2, 0) is 14.4 Å². The summed E-state index contributed by atoms with van der Waals surface area (Å²) in [4.78, 5) is 41.4. The highest BCUT2D eigenvalue weighted by atomic mass is 16.5. The highest BCUT2D eigenvalue weighted by Crippen LogP contribution is 2.29. The summed E-state index contributed by atoms with van der Waals surface area (Å²) in [5.41, 5.74) is 0.763. The van der Waals surface area contributed by atoms with Crippen LogP contribution >= 0.6 is 0 Å². The first-order valence-corrected chi connectivity index (χ1v) is 10.4. The van der Waals surface area contributed by atoms with Crippen molar-refractivity contribution in [3.63, 3.8) is 0 Å². The minimum Gasteiger partial charge on any atom is -0.497 e. The maximum Gasteiger partial charge on any atom is 0.228 e. The Balaban J connectivity index is 1.30. The maximum atomic E-state index is 13.0. The van der Waals surface area contributed by atoms with Gasteiger partial charge in [-0.1, -0.05) is 5.16 Å². The van der Waals surface area contributed by atoms with E-state index in [2.05, 4.69) is 10.5 Å². The van der Waals surface area contributed by atoms with Crippen LogP contribution in [0.25, 0.3) is 0 Å². The largest absolute Gasteiger partial charge is 0.497 e. The molecule has 3 amide bonds. The maximum absolute atomic E-state index is 13.0. The molecular weight excluding hydrogens is 400 g/mol. The average molecular weight is 426 g/mol. The smallest absolute Gasteiger partial charge is 0.228 e. The van der Waals surface area contributed by atoms with Crippen LogP contribution in [-0.4, -0.2) is 54.5 Å². The number of ether oxygens (including phenoxy) is 1. The van der Waals surface area contributed by atoms with E-state index in [4.69, 9.17) is 9.26 Å². The van der Waals surface area contributed by atoms with Gasteiger partial charge in [0.2, 0.25) is 17.7 Å². The second-order valence-corrected chi connectivity index (χ2v) is 8.02. The van der Waals surface area contributed by atoms with Gasteiger partial charge in [0.15, 0.2) is 5.82 Å². The Morgan fingerprint density at radius 2 is 1.87 bits per heavy atom. The van der Waals surface area contributed by atoms with Gasteiger partial charge in [0.1, 0.15) is 11.5 Å². The Kier molecular flexibility index (Phi) is 5.92. The van der Waals surface area contributed by atoms with Crippen molar-refractivity contribution in [2.75, 3.05) is 37.0 Å². The first-order valence-electron chi connectivity index (χ1n) is 10.4. The molecule has 1 unspecified atom stereocenters. The molecule has 2 aliphatic heterocycles. The van der Waals surface area contributed by atoms with Gasteiger partial charge in [-0.2, -0.15) is 0 Å². The standard InChI is InChI=1S/C22H26N4O5/c1-14-11-19(24-31-14)23-21(28)15-7-9-25(10-8-15)22(29)16-12-20(27)26(13-16)17-3-5-18(30-2)6-4-17/h3-6,11,15-16H,7-10,12-13H2,1-2H3,(H,23,24,28). The Hall–Kier alpha value is -3.36. The van der Waals surface area contributed by atoms with Crippen LogP contribution in [0.15, 0.2) is 34.9 Å². The SMILES string of the molecule is COc1ccc(N2CC(C(=O)N3CCC(C(=O)Nc4cc(C)on4)CC3)CC2=O)cc1. The molecule has 0 bridgehead atoms. The molecule has 2 fully saturated rings. The van der Waals surface area contributed by atoms with Crippen LogP contribution in [0, 0.1) is 18.8 Å². The molecular formula is C22H26N4O5. The fourth-order valence-electron chi connectivity index (χ4n) is 4.16. The van der Waals surface area contributed by atoms with Gasteiger partial charge >= 0.3 is 0 Å². The number of anilines is 2. The summed E-state index contributed by atoms with van der Waals surface area (Å²) >= 11 is 0. The number of carbonyl (C=O) groups is 3. The Bertz CT molecular complexity index is 963. The van der Waals surface area contributed by atoms with Crippen LogP contribution in [0.1, 0.15) is 25.0 Å². The number of hydrogen-bond acceptors (Lipinski definition) is 6. The molecule has 0 saturated carbocycles. The van der Waals surface area contributed by atoms with Gasteiger partial charge in [-0.3, -0.25) is 14.4 Å². The molecule has 2 aliphatic rings. The number of nitrogens with zero attached hydrogens (tertiary/aromatic N) is 3. The Morgan fingerprint density at radius 1 is 1.16 bits per heavy atom. The first-order chi connectivity index (χ1) is 14.9. The van der Waals surface area contributed by atoms with Gasteiger partial charge in [0.25, 0.3) is 0 Å². The van der Waals surface area contributed by atoms with E-state index in [1.54, 1.807) is 42.0 Å². The lowest BCUT2D eigenvalue weighted by Gasteiger charge is -2.32. The van der Waals surface area contributed by atoms with Gasteiger partial charge in [0, 0.05) is 43.7 Å². The number of nitrogens with one attached hydrogen (secondary N) is 1. The summed E-state index contributed by atoms with van der Waals surface area (Å²) in [7, 11) is 1.59. The molecule has 2 saturated heterocycles. The molecule has 1 aromatic carbocycles. The summed E-state index contributed by atoms with van der Waals surface area (Å²) in [6.45, 7) is 3.14. The van der Waals surface area contributed by atoms with E-state index in [-0.39, 0.29) is 36.0 Å². The number of amides is 3. The number of benzene rings is 1. The summed E-state index contributed by atoms with van der Waals surface area (Å²) in [5, 5.41) is 6.54. The number of hydrogen-bond donors (Lipinski definition) is 1. The summed E-state index contributed by atoms with van der Waals surface area (Å²) in [6, 6.07) is 8.91. The second kappa shape index (κ2) is 8.79. The van der Waals surface area contributed by atoms with Crippen LogP contribution in [0.5, 0.6) is 5.75 Å². The molecule has 1 N–H and O–H groups in total. The third kappa shape index (κ3) is 4.55. The summed E-state index contributed by atoms with van der Waals surface area (Å²) in [5.74, 6) is 1.03. The normalized spacial score (nSPS) is 19.5. The van der Waals surface area contributed by atoms with Crippen LogP contribution in [0.4, 0.5) is 11.5 Å². The van der Waals surface area contributed by atoms with Crippen LogP contribution in [0.2, 0.25) is 0 Å². The van der Waals surface area contributed by atoms with Crippen molar-refractivity contribution in [1.29, 1.82) is 0 Å². The minimum atomic E-state index is -0.363. The van der Waals surface area contributed by atoms with Crippen LogP contribution < -0.4 is 15.0 Å². The summed E-state index contributed by atoms with van der Waals surface area (Å²) < 4.78 is 10.1. The molecule has 0 spiro atoms. The van der Waals surface area contributed by atoms with Crippen molar-refractivity contribution < 1.29 is 23.6 Å². The van der Waals surface area contributed by atoms with E-state index in [9.17, 15) is 14.4 Å². The van der Waals surface area contributed by atoms with E-state index in [0.717, 1.165) is 5.69 Å². The van der Waals surface area contributed by atoms with Crippen molar-refractivity contribution in [3.05, 3.63) is 36.1 Å². The highest BCUT2D eigenvalue weighted by Gasteiger charge is 2.38. The number of aryl methyl sites for hydroxylation is 1. The predicted octanol–water partition coefficient (Wildman–Crippen LogP) is 2.22. The Labute approximate surface area is 180 Å². The molecule has 1 aromatic heterocycles. The van der Waals surface area contributed by atoms with E-state index in [0.29, 0.717) is 49.8 Å². The monoisotopic (exact) mass is 426 g/mol. The van der Waals surface area contributed by atoms with Gasteiger partial charge in [-0.25, -0.2) is 0 Å². The fourth-order valence-corrected chi connectivity index (χ4v) is 4.16. The fraction of sp³-hybridized carbons (Fsp3) is 0.455. The van der Waals surface area contributed by atoms with Crippen molar-refractivity contribution in [1.82, 2.24) is 10.1 Å². The lowest BCUT2D eigenvalue weighted by molar-refractivity contribution is -0.138. The lowest BCUT2D eigenvalue weighted by atomic mass is 9.94. The zero-order valence-electron chi connectivity index (χ0n) is 17.7. The predicted molar refractivity (Wildman–Crippen MR) is 113 cm³/mol. The molecule has 3 heterocycles. The van der Waals surface area contributed by atoms with Crippen molar-refractivity contribution in [2.45, 2.75) is 26.2 Å². The van der Waals surface area contributed by atoms with E-state index < -0.39 is 0 Å². The van der Waals surface area contributed by atoms with Crippen molar-refractivity contribution >= 4 is 29.2 Å². The van der Waals surface area contributed by atoms with E-state index >= 15 is 0 Å². The van der Waals surface area contributed by atoms with E-state index in [1.165, 1.54) is 0 Å². The number of likely N-dealkylation sites (tertiary alicyclic amines) is 1. The number of carbonyl (C=O) groups excluding carboxylic acids is 3. The summed E-state index contributed by atoms with van der Waals surface area (Å²) in [6.07, 6.45) is 1.37. The number of rotatable bonds is 5. The molecule has 31 heavy (non-hydrogen) atoms. The Morgan fingerprint density at radius 3 is 2.48 bits per heavy atom. The number of aromatic nitrogens is 1. The van der Waals surface area contributed by atoms with Crippen molar-refractivity contribution in [2.24, 2.45) is 11.8 Å². The molecule has 9 heteroatoms. The lowest BCUT2D eigenvalue weighted by Crippen LogP contribution is -2.44. The van der Waals surface area contributed by atoms with Gasteiger partial charge in [-0.05, 0) is 44.0 Å². The zero-order chi connectivity index (χ0) is 22.0. The molecule has 164 valence electrons. The molecule has 9 nitrogen and oxygen atoms in total. The average Bonchev–Trinajstić information content (AvgIpc) is 3.38. The molecule has 0 aliphatic carbocycles. The molecule has 4 rings (SSSR count).